The van der Waals surface area contributed by atoms with Gasteiger partial charge in [-0.25, -0.2) is 8.78 Å². The van der Waals surface area contributed by atoms with Crippen molar-refractivity contribution >= 4 is 0 Å². The van der Waals surface area contributed by atoms with Crippen LogP contribution in [0.1, 0.15) is 23.6 Å². The summed E-state index contributed by atoms with van der Waals surface area (Å²) >= 11 is 0. The molecule has 0 saturated heterocycles. The molecule has 0 unspecified atom stereocenters. The summed E-state index contributed by atoms with van der Waals surface area (Å²) in [6.45, 7) is 5.46. The van der Waals surface area contributed by atoms with Crippen LogP contribution in [0.3, 0.4) is 0 Å². The van der Waals surface area contributed by atoms with Crippen LogP contribution < -0.4 is 10.1 Å². The molecule has 21 heavy (non-hydrogen) atoms. The van der Waals surface area contributed by atoms with Crippen molar-refractivity contribution in [3.05, 3.63) is 64.7 Å². The summed E-state index contributed by atoms with van der Waals surface area (Å²) < 4.78 is 32.6. The minimum absolute atomic E-state index is 0.146. The van der Waals surface area contributed by atoms with Gasteiger partial charge in [0.1, 0.15) is 12.4 Å². The fraction of sp³-hybridized carbons (Fsp3) is 0.294. The lowest BCUT2D eigenvalue weighted by atomic mass is 10.1. The number of aryl methyl sites for hydroxylation is 1. The second-order valence-corrected chi connectivity index (χ2v) is 4.90. The summed E-state index contributed by atoms with van der Waals surface area (Å²) in [5.74, 6) is -0.543. The minimum Gasteiger partial charge on any atom is -0.486 e. The zero-order chi connectivity index (χ0) is 15.2. The van der Waals surface area contributed by atoms with E-state index in [2.05, 4.69) is 5.32 Å². The van der Waals surface area contributed by atoms with Crippen molar-refractivity contribution in [3.63, 3.8) is 0 Å². The van der Waals surface area contributed by atoms with E-state index in [9.17, 15) is 8.78 Å². The maximum absolute atomic E-state index is 13.9. The Kier molecular flexibility index (Phi) is 5.28. The summed E-state index contributed by atoms with van der Waals surface area (Å²) in [6, 6.07) is 9.37. The molecule has 0 aliphatic heterocycles. The average Bonchev–Trinajstić information content (AvgIpc) is 2.47. The molecule has 0 atom stereocenters. The molecular formula is C17H19F2NO. The van der Waals surface area contributed by atoms with Crippen LogP contribution in [-0.4, -0.2) is 6.54 Å². The molecule has 0 aliphatic rings. The molecule has 0 amide bonds. The predicted molar refractivity (Wildman–Crippen MR) is 79.2 cm³/mol. The minimum atomic E-state index is -0.403. The van der Waals surface area contributed by atoms with Gasteiger partial charge in [-0.3, -0.25) is 0 Å². The predicted octanol–water partition coefficient (Wildman–Crippen LogP) is 3.96. The molecule has 2 aromatic rings. The highest BCUT2D eigenvalue weighted by molar-refractivity contribution is 5.31. The van der Waals surface area contributed by atoms with Crippen molar-refractivity contribution in [3.8, 4) is 5.75 Å². The quantitative estimate of drug-likeness (QED) is 0.869. The monoisotopic (exact) mass is 291 g/mol. The molecule has 2 nitrogen and oxygen atoms in total. The van der Waals surface area contributed by atoms with Crippen LogP contribution in [0.25, 0.3) is 0 Å². The third-order valence-corrected chi connectivity index (χ3v) is 3.27. The van der Waals surface area contributed by atoms with Crippen molar-refractivity contribution in [2.75, 3.05) is 6.54 Å². The largest absolute Gasteiger partial charge is 0.486 e. The van der Waals surface area contributed by atoms with Gasteiger partial charge >= 0.3 is 0 Å². The van der Waals surface area contributed by atoms with Crippen LogP contribution >= 0.6 is 0 Å². The van der Waals surface area contributed by atoms with E-state index in [-0.39, 0.29) is 18.2 Å². The van der Waals surface area contributed by atoms with Crippen LogP contribution in [0.5, 0.6) is 5.75 Å². The van der Waals surface area contributed by atoms with Gasteiger partial charge in [-0.2, -0.15) is 0 Å². The lowest BCUT2D eigenvalue weighted by Crippen LogP contribution is -2.11. The Hall–Kier alpha value is -1.94. The van der Waals surface area contributed by atoms with Crippen LogP contribution in [0.4, 0.5) is 8.78 Å². The first-order valence-corrected chi connectivity index (χ1v) is 6.97. The van der Waals surface area contributed by atoms with Crippen molar-refractivity contribution < 1.29 is 13.5 Å². The number of rotatable bonds is 6. The Morgan fingerprint density at radius 3 is 2.62 bits per heavy atom. The molecule has 0 heterocycles. The van der Waals surface area contributed by atoms with Crippen molar-refractivity contribution in [2.24, 2.45) is 0 Å². The van der Waals surface area contributed by atoms with Crippen molar-refractivity contribution in [1.29, 1.82) is 0 Å². The molecule has 0 spiro atoms. The van der Waals surface area contributed by atoms with E-state index in [4.69, 9.17) is 4.74 Å². The Bertz CT molecular complexity index is 614. The van der Waals surface area contributed by atoms with E-state index < -0.39 is 5.82 Å². The summed E-state index contributed by atoms with van der Waals surface area (Å²) in [7, 11) is 0. The molecule has 1 N–H and O–H groups in total. The first-order chi connectivity index (χ1) is 10.1. The van der Waals surface area contributed by atoms with E-state index in [1.54, 1.807) is 12.1 Å². The van der Waals surface area contributed by atoms with Gasteiger partial charge < -0.3 is 10.1 Å². The van der Waals surface area contributed by atoms with Gasteiger partial charge in [0.15, 0.2) is 11.6 Å². The summed E-state index contributed by atoms with van der Waals surface area (Å²) in [5.41, 5.74) is 2.50. The fourth-order valence-electron chi connectivity index (χ4n) is 1.99. The number of halogens is 2. The second-order valence-electron chi connectivity index (χ2n) is 4.90. The fourth-order valence-corrected chi connectivity index (χ4v) is 1.99. The standard InChI is InChI=1S/C17H19F2NO/c1-3-20-10-13-5-7-17(16(19)8-13)21-11-14-9-15(18)6-4-12(14)2/h4-9,20H,3,10-11H2,1-2H3. The highest BCUT2D eigenvalue weighted by Gasteiger charge is 2.07. The second kappa shape index (κ2) is 7.18. The molecule has 2 aromatic carbocycles. The van der Waals surface area contributed by atoms with E-state index in [1.807, 2.05) is 19.9 Å². The Morgan fingerprint density at radius 2 is 1.90 bits per heavy atom. The maximum atomic E-state index is 13.9. The van der Waals surface area contributed by atoms with Gasteiger partial charge in [0.2, 0.25) is 0 Å². The number of benzene rings is 2. The first-order valence-electron chi connectivity index (χ1n) is 6.97. The number of ether oxygens (including phenoxy) is 1. The van der Waals surface area contributed by atoms with E-state index in [1.165, 1.54) is 18.2 Å². The van der Waals surface area contributed by atoms with Gasteiger partial charge in [0, 0.05) is 6.54 Å². The molecule has 0 aliphatic carbocycles. The molecule has 2 rings (SSSR count). The average molecular weight is 291 g/mol. The number of hydrogen-bond acceptors (Lipinski definition) is 2. The van der Waals surface area contributed by atoms with Gasteiger partial charge in [-0.15, -0.1) is 0 Å². The maximum Gasteiger partial charge on any atom is 0.165 e. The molecule has 0 saturated carbocycles. The number of hydrogen-bond donors (Lipinski definition) is 1. The molecule has 4 heteroatoms. The SMILES string of the molecule is CCNCc1ccc(OCc2cc(F)ccc2C)c(F)c1. The lowest BCUT2D eigenvalue weighted by molar-refractivity contribution is 0.289. The van der Waals surface area contributed by atoms with E-state index in [0.29, 0.717) is 12.1 Å². The summed E-state index contributed by atoms with van der Waals surface area (Å²) in [6.07, 6.45) is 0. The normalized spacial score (nSPS) is 10.7. The van der Waals surface area contributed by atoms with Crippen LogP contribution in [0.2, 0.25) is 0 Å². The van der Waals surface area contributed by atoms with Crippen LogP contribution in [0, 0.1) is 18.6 Å². The Balaban J connectivity index is 2.04. The topological polar surface area (TPSA) is 21.3 Å². The van der Waals surface area contributed by atoms with E-state index in [0.717, 1.165) is 17.7 Å². The zero-order valence-corrected chi connectivity index (χ0v) is 12.2. The summed E-state index contributed by atoms with van der Waals surface area (Å²) in [5, 5.41) is 3.13. The Labute approximate surface area is 123 Å². The van der Waals surface area contributed by atoms with Crippen LogP contribution in [0.15, 0.2) is 36.4 Å². The molecule has 0 radical (unpaired) electrons. The Morgan fingerprint density at radius 1 is 1.10 bits per heavy atom. The molecular weight excluding hydrogens is 272 g/mol. The smallest absolute Gasteiger partial charge is 0.165 e. The van der Waals surface area contributed by atoms with Crippen molar-refractivity contribution in [2.45, 2.75) is 27.0 Å². The third kappa shape index (κ3) is 4.26. The highest BCUT2D eigenvalue weighted by atomic mass is 19.1. The van der Waals surface area contributed by atoms with E-state index >= 15 is 0 Å². The van der Waals surface area contributed by atoms with Crippen LogP contribution in [-0.2, 0) is 13.2 Å². The molecule has 0 bridgehead atoms. The third-order valence-electron chi connectivity index (χ3n) is 3.27. The highest BCUT2D eigenvalue weighted by Crippen LogP contribution is 2.21. The summed E-state index contributed by atoms with van der Waals surface area (Å²) in [4.78, 5) is 0. The van der Waals surface area contributed by atoms with Gasteiger partial charge in [-0.05, 0) is 54.4 Å². The lowest BCUT2D eigenvalue weighted by Gasteiger charge is -2.11. The number of nitrogens with one attached hydrogen (secondary N) is 1. The van der Waals surface area contributed by atoms with Crippen molar-refractivity contribution in [1.82, 2.24) is 5.32 Å². The van der Waals surface area contributed by atoms with Gasteiger partial charge in [0.25, 0.3) is 0 Å². The molecule has 0 fully saturated rings. The zero-order valence-electron chi connectivity index (χ0n) is 12.2. The van der Waals surface area contributed by atoms with Gasteiger partial charge in [-0.1, -0.05) is 19.1 Å². The molecule has 112 valence electrons. The first kappa shape index (κ1) is 15.4. The van der Waals surface area contributed by atoms with Gasteiger partial charge in [0.05, 0.1) is 0 Å². The molecule has 0 aromatic heterocycles.